The zero-order valence-corrected chi connectivity index (χ0v) is 18.6. The summed E-state index contributed by atoms with van der Waals surface area (Å²) in [6, 6.07) is 0.879. The van der Waals surface area contributed by atoms with Crippen molar-refractivity contribution >= 4 is 29.4 Å². The average Bonchev–Trinajstić information content (AvgIpc) is 3.50. The fourth-order valence-corrected chi connectivity index (χ4v) is 2.85. The number of aryl methyl sites for hydroxylation is 1. The topological polar surface area (TPSA) is 106 Å². The van der Waals surface area contributed by atoms with Crippen LogP contribution in [-0.4, -0.2) is 34.3 Å². The summed E-state index contributed by atoms with van der Waals surface area (Å²) in [4.78, 5) is 32.5. The third kappa shape index (κ3) is 5.61. The van der Waals surface area contributed by atoms with Gasteiger partial charge in [-0.15, -0.1) is 0 Å². The van der Waals surface area contributed by atoms with Crippen LogP contribution in [0.25, 0.3) is 0 Å². The molecule has 0 bridgehead atoms. The van der Waals surface area contributed by atoms with Gasteiger partial charge in [-0.05, 0) is 50.8 Å². The molecule has 1 unspecified atom stereocenters. The van der Waals surface area contributed by atoms with Crippen molar-refractivity contribution in [2.45, 2.75) is 45.6 Å². The molecule has 8 nitrogen and oxygen atoms in total. The summed E-state index contributed by atoms with van der Waals surface area (Å²) < 4.78 is 37.7. The fraction of sp³-hybridized carbons (Fsp3) is 0.429. The normalized spacial score (nSPS) is 14.6. The van der Waals surface area contributed by atoms with E-state index in [9.17, 15) is 18.4 Å². The Morgan fingerprint density at radius 2 is 2.12 bits per heavy atom. The highest BCUT2D eigenvalue weighted by Crippen LogP contribution is 2.31. The van der Waals surface area contributed by atoms with Gasteiger partial charge in [-0.25, -0.2) is 4.98 Å². The van der Waals surface area contributed by atoms with Crippen LogP contribution in [0.2, 0.25) is 5.02 Å². The monoisotopic (exact) mass is 468 g/mol. The van der Waals surface area contributed by atoms with E-state index in [0.29, 0.717) is 11.3 Å². The van der Waals surface area contributed by atoms with E-state index in [1.165, 1.54) is 19.2 Å². The van der Waals surface area contributed by atoms with Gasteiger partial charge in [0.1, 0.15) is 5.02 Å². The number of hydrogen-bond donors (Lipinski definition) is 2. The highest BCUT2D eigenvalue weighted by Gasteiger charge is 2.32. The Bertz CT molecular complexity index is 1050. The molecule has 2 N–H and O–H groups in total. The minimum Gasteiger partial charge on any atom is -0.470 e. The number of rotatable bonds is 9. The second kappa shape index (κ2) is 9.23. The third-order valence-electron chi connectivity index (χ3n) is 4.87. The summed E-state index contributed by atoms with van der Waals surface area (Å²) >= 11 is 6.11. The van der Waals surface area contributed by atoms with Crippen LogP contribution >= 0.6 is 11.6 Å². The van der Waals surface area contributed by atoms with Gasteiger partial charge < -0.3 is 14.5 Å². The minimum absolute atomic E-state index is 0.0158. The quantitative estimate of drug-likeness (QED) is 0.526. The molecule has 0 saturated heterocycles. The first-order chi connectivity index (χ1) is 15.0. The number of aromatic nitrogens is 2. The van der Waals surface area contributed by atoms with Gasteiger partial charge in [-0.3, -0.25) is 14.9 Å². The van der Waals surface area contributed by atoms with Gasteiger partial charge in [-0.1, -0.05) is 18.2 Å². The predicted molar refractivity (Wildman–Crippen MR) is 113 cm³/mol. The van der Waals surface area contributed by atoms with E-state index in [-0.39, 0.29) is 40.1 Å². The maximum absolute atomic E-state index is 13.6. The predicted octanol–water partition coefficient (Wildman–Crippen LogP) is 4.46. The van der Waals surface area contributed by atoms with Crippen molar-refractivity contribution in [3.05, 3.63) is 46.5 Å². The molecule has 1 atom stereocenters. The lowest BCUT2D eigenvalue weighted by Gasteiger charge is -2.18. The summed E-state index contributed by atoms with van der Waals surface area (Å²) in [6.07, 6.45) is 3.01. The summed E-state index contributed by atoms with van der Waals surface area (Å²) in [6.45, 7) is 6.76. The third-order valence-corrected chi connectivity index (χ3v) is 5.14. The Balaban J connectivity index is 1.62. The van der Waals surface area contributed by atoms with Crippen LogP contribution in [0, 0.1) is 12.8 Å². The van der Waals surface area contributed by atoms with Gasteiger partial charge in [0.25, 0.3) is 5.91 Å². The molecule has 2 amide bonds. The molecule has 1 aliphatic rings. The smallest absolute Gasteiger partial charge is 0.302 e. The molecule has 3 rings (SSSR count). The van der Waals surface area contributed by atoms with E-state index >= 15 is 0 Å². The number of pyridine rings is 1. The standard InChI is InChI=1S/C21H23ClF2N4O4/c1-10(2)21(23,24)9-31-19-15(22)7-14(8-25-19)11(3)26-18(30)16-12(4)27-20(32-16)28-17(29)13-5-6-13/h7-8,11,13H,1,5-6,9H2,2-4H3,(H,26,30)(H,27,28,29). The van der Waals surface area contributed by atoms with Gasteiger partial charge in [-0.2, -0.15) is 13.8 Å². The second-order valence-corrected chi connectivity index (χ2v) is 8.13. The molecule has 0 spiro atoms. The average molecular weight is 469 g/mol. The van der Waals surface area contributed by atoms with E-state index in [0.717, 1.165) is 12.8 Å². The van der Waals surface area contributed by atoms with Gasteiger partial charge in [0.2, 0.25) is 17.5 Å². The molecule has 2 aromatic rings. The summed E-state index contributed by atoms with van der Waals surface area (Å²) in [5.41, 5.74) is 0.500. The lowest BCUT2D eigenvalue weighted by Crippen LogP contribution is -2.27. The molecule has 2 heterocycles. The van der Waals surface area contributed by atoms with Crippen LogP contribution in [0.5, 0.6) is 5.88 Å². The van der Waals surface area contributed by atoms with Crippen molar-refractivity contribution in [3.8, 4) is 5.88 Å². The van der Waals surface area contributed by atoms with Crippen molar-refractivity contribution in [3.63, 3.8) is 0 Å². The van der Waals surface area contributed by atoms with Crippen LogP contribution in [0.3, 0.4) is 0 Å². The summed E-state index contributed by atoms with van der Waals surface area (Å²) in [5, 5.41) is 5.28. The Morgan fingerprint density at radius 3 is 2.72 bits per heavy atom. The Labute approximate surface area is 188 Å². The van der Waals surface area contributed by atoms with Gasteiger partial charge in [0, 0.05) is 12.1 Å². The molecule has 172 valence electrons. The highest BCUT2D eigenvalue weighted by molar-refractivity contribution is 6.31. The number of carbonyl (C=O) groups excluding carboxylic acids is 2. The van der Waals surface area contributed by atoms with E-state index in [1.54, 1.807) is 13.8 Å². The summed E-state index contributed by atoms with van der Waals surface area (Å²) in [5.74, 6) is -4.17. The Kier molecular flexibility index (Phi) is 6.82. The highest BCUT2D eigenvalue weighted by atomic mass is 35.5. The first-order valence-electron chi connectivity index (χ1n) is 9.89. The number of carbonyl (C=O) groups is 2. The van der Waals surface area contributed by atoms with Crippen molar-refractivity contribution < 1.29 is 27.5 Å². The maximum Gasteiger partial charge on any atom is 0.302 e. The molecule has 1 fully saturated rings. The first-order valence-corrected chi connectivity index (χ1v) is 10.3. The van der Waals surface area contributed by atoms with Crippen molar-refractivity contribution in [2.75, 3.05) is 11.9 Å². The van der Waals surface area contributed by atoms with Crippen LogP contribution < -0.4 is 15.4 Å². The van der Waals surface area contributed by atoms with Crippen molar-refractivity contribution in [2.24, 2.45) is 5.92 Å². The molecular weight excluding hydrogens is 446 g/mol. The van der Waals surface area contributed by atoms with E-state index in [1.807, 2.05) is 0 Å². The number of nitrogens with zero attached hydrogens (tertiary/aromatic N) is 2. The lowest BCUT2D eigenvalue weighted by molar-refractivity contribution is -0.117. The maximum atomic E-state index is 13.6. The van der Waals surface area contributed by atoms with Crippen molar-refractivity contribution in [1.82, 2.24) is 15.3 Å². The van der Waals surface area contributed by atoms with Gasteiger partial charge in [0.05, 0.1) is 11.7 Å². The Morgan fingerprint density at radius 1 is 1.44 bits per heavy atom. The van der Waals surface area contributed by atoms with Crippen LogP contribution in [0.15, 0.2) is 28.8 Å². The van der Waals surface area contributed by atoms with Gasteiger partial charge in [0.15, 0.2) is 6.61 Å². The van der Waals surface area contributed by atoms with Crippen LogP contribution in [0.1, 0.15) is 54.5 Å². The van der Waals surface area contributed by atoms with E-state index in [2.05, 4.69) is 27.2 Å². The largest absolute Gasteiger partial charge is 0.470 e. The molecule has 0 aromatic carbocycles. The number of ether oxygens (including phenoxy) is 1. The van der Waals surface area contributed by atoms with Crippen LogP contribution in [0.4, 0.5) is 14.8 Å². The summed E-state index contributed by atoms with van der Waals surface area (Å²) in [7, 11) is 0. The molecule has 11 heteroatoms. The number of nitrogens with one attached hydrogen (secondary N) is 2. The molecular formula is C21H23ClF2N4O4. The van der Waals surface area contributed by atoms with Crippen molar-refractivity contribution in [1.29, 1.82) is 0 Å². The number of halogens is 3. The number of anilines is 1. The molecule has 1 aliphatic carbocycles. The van der Waals surface area contributed by atoms with Crippen LogP contribution in [-0.2, 0) is 4.79 Å². The number of oxazole rings is 1. The zero-order chi connectivity index (χ0) is 23.6. The van der Waals surface area contributed by atoms with E-state index in [4.69, 9.17) is 20.8 Å². The Hall–Kier alpha value is -3.01. The van der Waals surface area contributed by atoms with E-state index < -0.39 is 24.5 Å². The zero-order valence-electron chi connectivity index (χ0n) is 17.8. The van der Waals surface area contributed by atoms with Gasteiger partial charge >= 0.3 is 11.9 Å². The number of alkyl halides is 2. The lowest BCUT2D eigenvalue weighted by atomic mass is 10.1. The molecule has 0 aliphatic heterocycles. The molecule has 2 aromatic heterocycles. The minimum atomic E-state index is -3.21. The first kappa shape index (κ1) is 23.6. The molecule has 1 saturated carbocycles. The number of hydrogen-bond acceptors (Lipinski definition) is 6. The molecule has 32 heavy (non-hydrogen) atoms. The second-order valence-electron chi connectivity index (χ2n) is 7.72. The molecule has 0 radical (unpaired) electrons. The SMILES string of the molecule is C=C(C)C(F)(F)COc1ncc(C(C)NC(=O)c2oc(NC(=O)C3CC3)nc2C)cc1Cl. The fourth-order valence-electron chi connectivity index (χ4n) is 2.62. The number of amides is 2.